The van der Waals surface area contributed by atoms with Gasteiger partial charge in [0.05, 0.1) is 0 Å². The largest absolute Gasteiger partial charge is 0.338 e. The summed E-state index contributed by atoms with van der Waals surface area (Å²) in [5, 5.41) is 0.815. The number of aryl methyl sites for hydroxylation is 2. The highest BCUT2D eigenvalue weighted by Gasteiger charge is 2.21. The minimum atomic E-state index is 0.196. The van der Waals surface area contributed by atoms with Crippen LogP contribution in [0.15, 0.2) is 30.6 Å². The van der Waals surface area contributed by atoms with Gasteiger partial charge in [0.25, 0.3) is 0 Å². The van der Waals surface area contributed by atoms with Crippen LogP contribution in [-0.2, 0) is 30.7 Å². The van der Waals surface area contributed by atoms with E-state index in [0.717, 1.165) is 30.2 Å². The monoisotopic (exact) mass is 317 g/mol. The molecule has 1 aromatic heterocycles. The maximum Gasteiger partial charge on any atom is 0.224 e. The number of hydrogen-bond donors (Lipinski definition) is 0. The number of halogens is 1. The Morgan fingerprint density at radius 1 is 1.41 bits per heavy atom. The van der Waals surface area contributed by atoms with E-state index in [2.05, 4.69) is 22.5 Å². The van der Waals surface area contributed by atoms with Gasteiger partial charge in [-0.2, -0.15) is 0 Å². The quantitative estimate of drug-likeness (QED) is 0.869. The molecule has 0 radical (unpaired) electrons. The standard InChI is InChI=1S/C17H20ClN3O/c1-2-16-19-8-11-20(16)10-7-17(22)21-9-6-14-13(12-21)4-3-5-15(14)18/h3-5,8,11H,2,6-7,9-10,12H2,1H3. The lowest BCUT2D eigenvalue weighted by molar-refractivity contribution is -0.132. The van der Waals surface area contributed by atoms with Crippen LogP contribution in [0.25, 0.3) is 0 Å². The molecule has 0 fully saturated rings. The van der Waals surface area contributed by atoms with E-state index in [1.54, 1.807) is 6.20 Å². The molecule has 2 aromatic rings. The van der Waals surface area contributed by atoms with E-state index >= 15 is 0 Å². The van der Waals surface area contributed by atoms with E-state index in [4.69, 9.17) is 11.6 Å². The first-order chi connectivity index (χ1) is 10.7. The molecule has 0 saturated heterocycles. The van der Waals surface area contributed by atoms with Crippen LogP contribution in [0.1, 0.15) is 30.3 Å². The molecule has 0 spiro atoms. The maximum atomic E-state index is 12.4. The van der Waals surface area contributed by atoms with E-state index in [1.807, 2.05) is 23.2 Å². The molecule has 0 atom stereocenters. The van der Waals surface area contributed by atoms with E-state index < -0.39 is 0 Å². The van der Waals surface area contributed by atoms with Crippen LogP contribution in [0.2, 0.25) is 5.02 Å². The molecule has 0 aliphatic carbocycles. The van der Waals surface area contributed by atoms with Gasteiger partial charge in [0, 0.05) is 49.9 Å². The molecule has 3 rings (SSSR count). The van der Waals surface area contributed by atoms with Gasteiger partial charge in [-0.15, -0.1) is 0 Å². The maximum absolute atomic E-state index is 12.4. The summed E-state index contributed by atoms with van der Waals surface area (Å²) < 4.78 is 2.06. The van der Waals surface area contributed by atoms with Crippen LogP contribution in [0.5, 0.6) is 0 Å². The summed E-state index contributed by atoms with van der Waals surface area (Å²) in [5.74, 6) is 1.23. The van der Waals surface area contributed by atoms with Gasteiger partial charge in [-0.05, 0) is 23.6 Å². The molecule has 4 nitrogen and oxygen atoms in total. The zero-order valence-corrected chi connectivity index (χ0v) is 13.5. The van der Waals surface area contributed by atoms with Gasteiger partial charge in [-0.3, -0.25) is 4.79 Å². The number of nitrogens with zero attached hydrogens (tertiary/aromatic N) is 3. The van der Waals surface area contributed by atoms with E-state index in [1.165, 1.54) is 11.1 Å². The fraction of sp³-hybridized carbons (Fsp3) is 0.412. The molecule has 2 heterocycles. The highest BCUT2D eigenvalue weighted by molar-refractivity contribution is 6.31. The van der Waals surface area contributed by atoms with Crippen LogP contribution < -0.4 is 0 Å². The van der Waals surface area contributed by atoms with E-state index in [0.29, 0.717) is 19.5 Å². The third kappa shape index (κ3) is 3.02. The fourth-order valence-corrected chi connectivity index (χ4v) is 3.30. The van der Waals surface area contributed by atoms with Crippen molar-refractivity contribution in [3.63, 3.8) is 0 Å². The average molecular weight is 318 g/mol. The zero-order valence-electron chi connectivity index (χ0n) is 12.8. The predicted octanol–water partition coefficient (Wildman–Crippen LogP) is 3.07. The number of amides is 1. The second-order valence-corrected chi connectivity index (χ2v) is 5.99. The number of benzene rings is 1. The number of imidazole rings is 1. The first-order valence-electron chi connectivity index (χ1n) is 7.73. The molecule has 0 bridgehead atoms. The Kier molecular flexibility index (Phi) is 4.48. The molecule has 22 heavy (non-hydrogen) atoms. The Hall–Kier alpha value is -1.81. The van der Waals surface area contributed by atoms with Crippen LogP contribution in [0.4, 0.5) is 0 Å². The summed E-state index contributed by atoms with van der Waals surface area (Å²) in [6, 6.07) is 5.93. The molecule has 116 valence electrons. The molecular formula is C17H20ClN3O. The van der Waals surface area contributed by atoms with Crippen molar-refractivity contribution in [3.05, 3.63) is 52.6 Å². The Morgan fingerprint density at radius 3 is 3.09 bits per heavy atom. The summed E-state index contributed by atoms with van der Waals surface area (Å²) in [6.45, 7) is 4.19. The van der Waals surface area contributed by atoms with Crippen molar-refractivity contribution in [1.29, 1.82) is 0 Å². The average Bonchev–Trinajstić information content (AvgIpc) is 3.00. The Morgan fingerprint density at radius 2 is 2.27 bits per heavy atom. The van der Waals surface area contributed by atoms with E-state index in [-0.39, 0.29) is 5.91 Å². The highest BCUT2D eigenvalue weighted by atomic mass is 35.5. The number of aromatic nitrogens is 2. The Balaban J connectivity index is 1.62. The van der Waals surface area contributed by atoms with Crippen molar-refractivity contribution in [1.82, 2.24) is 14.5 Å². The summed E-state index contributed by atoms with van der Waals surface area (Å²) in [4.78, 5) is 18.7. The van der Waals surface area contributed by atoms with Crippen molar-refractivity contribution in [2.75, 3.05) is 6.54 Å². The smallest absolute Gasteiger partial charge is 0.224 e. The van der Waals surface area contributed by atoms with Gasteiger partial charge >= 0.3 is 0 Å². The lowest BCUT2D eigenvalue weighted by atomic mass is 9.99. The molecule has 1 aliphatic heterocycles. The van der Waals surface area contributed by atoms with Crippen LogP contribution in [0, 0.1) is 0 Å². The lowest BCUT2D eigenvalue weighted by Crippen LogP contribution is -2.36. The highest BCUT2D eigenvalue weighted by Crippen LogP contribution is 2.26. The molecule has 1 aliphatic rings. The fourth-order valence-electron chi connectivity index (χ4n) is 3.01. The molecule has 0 unspecified atom stereocenters. The number of hydrogen-bond acceptors (Lipinski definition) is 2. The summed E-state index contributed by atoms with van der Waals surface area (Å²) in [7, 11) is 0. The van der Waals surface area contributed by atoms with Crippen molar-refractivity contribution >= 4 is 17.5 Å². The third-order valence-corrected chi connectivity index (χ3v) is 4.60. The molecular weight excluding hydrogens is 298 g/mol. The predicted molar refractivity (Wildman–Crippen MR) is 86.8 cm³/mol. The van der Waals surface area contributed by atoms with Crippen molar-refractivity contribution in [3.8, 4) is 0 Å². The van der Waals surface area contributed by atoms with Gasteiger partial charge in [0.1, 0.15) is 5.82 Å². The zero-order chi connectivity index (χ0) is 15.5. The van der Waals surface area contributed by atoms with Crippen molar-refractivity contribution < 1.29 is 4.79 Å². The summed E-state index contributed by atoms with van der Waals surface area (Å²) >= 11 is 6.22. The van der Waals surface area contributed by atoms with Crippen molar-refractivity contribution in [2.45, 2.75) is 39.3 Å². The number of fused-ring (bicyclic) bond motifs is 1. The SMILES string of the molecule is CCc1nccn1CCC(=O)N1CCc2c(Cl)cccc2C1. The molecule has 0 saturated carbocycles. The van der Waals surface area contributed by atoms with E-state index in [9.17, 15) is 4.79 Å². The summed E-state index contributed by atoms with van der Waals surface area (Å²) in [5.41, 5.74) is 2.36. The Labute approximate surface area is 135 Å². The van der Waals surface area contributed by atoms with Crippen LogP contribution >= 0.6 is 11.6 Å². The van der Waals surface area contributed by atoms with Gasteiger partial charge in [0.15, 0.2) is 0 Å². The molecule has 0 N–H and O–H groups in total. The van der Waals surface area contributed by atoms with Gasteiger partial charge in [-0.1, -0.05) is 30.7 Å². The minimum absolute atomic E-state index is 0.196. The first-order valence-corrected chi connectivity index (χ1v) is 8.11. The third-order valence-electron chi connectivity index (χ3n) is 4.25. The first kappa shape index (κ1) is 15.1. The molecule has 1 amide bonds. The molecule has 5 heteroatoms. The lowest BCUT2D eigenvalue weighted by Gasteiger charge is -2.29. The molecule has 1 aromatic carbocycles. The van der Waals surface area contributed by atoms with Gasteiger partial charge in [0.2, 0.25) is 5.91 Å². The van der Waals surface area contributed by atoms with Crippen molar-refractivity contribution in [2.24, 2.45) is 0 Å². The minimum Gasteiger partial charge on any atom is -0.338 e. The second kappa shape index (κ2) is 6.53. The van der Waals surface area contributed by atoms with Crippen LogP contribution in [-0.4, -0.2) is 26.9 Å². The number of rotatable bonds is 4. The van der Waals surface area contributed by atoms with Gasteiger partial charge in [-0.25, -0.2) is 4.98 Å². The van der Waals surface area contributed by atoms with Gasteiger partial charge < -0.3 is 9.47 Å². The second-order valence-electron chi connectivity index (χ2n) is 5.58. The number of carbonyl (C=O) groups excluding carboxylic acids is 1. The topological polar surface area (TPSA) is 38.1 Å². The Bertz CT molecular complexity index is 680. The number of carbonyl (C=O) groups is 1. The van der Waals surface area contributed by atoms with Crippen LogP contribution in [0.3, 0.4) is 0 Å². The summed E-state index contributed by atoms with van der Waals surface area (Å²) in [6.07, 6.45) is 5.97. The normalized spacial score (nSPS) is 14.0.